The third-order valence-corrected chi connectivity index (χ3v) is 4.86. The van der Waals surface area contributed by atoms with Crippen molar-refractivity contribution in [2.75, 3.05) is 53.5 Å². The molecule has 0 radical (unpaired) electrons. The molecule has 0 aliphatic carbocycles. The first-order valence-corrected chi connectivity index (χ1v) is 10.4. The summed E-state index contributed by atoms with van der Waals surface area (Å²) in [6, 6.07) is 5.69. The van der Waals surface area contributed by atoms with Crippen molar-refractivity contribution in [3.8, 4) is 11.5 Å². The van der Waals surface area contributed by atoms with Crippen LogP contribution in [0.15, 0.2) is 18.2 Å². The molecule has 1 aromatic carbocycles. The van der Waals surface area contributed by atoms with Gasteiger partial charge in [0.15, 0.2) is 11.5 Å². The summed E-state index contributed by atoms with van der Waals surface area (Å²) in [4.78, 5) is 28.2. The monoisotopic (exact) mass is 421 g/mol. The molecular formula is C22H35N3O5. The number of nitrogens with zero attached hydrogens (tertiary/aromatic N) is 2. The third kappa shape index (κ3) is 7.74. The Morgan fingerprint density at radius 3 is 2.30 bits per heavy atom. The van der Waals surface area contributed by atoms with Gasteiger partial charge in [0.25, 0.3) is 0 Å². The number of rotatable bonds is 8. The summed E-state index contributed by atoms with van der Waals surface area (Å²) in [6.07, 6.45) is 0.799. The van der Waals surface area contributed by atoms with Crippen LogP contribution in [0.25, 0.3) is 0 Å². The molecule has 1 fully saturated rings. The molecule has 168 valence electrons. The molecule has 1 aromatic rings. The van der Waals surface area contributed by atoms with Crippen LogP contribution in [0.5, 0.6) is 11.5 Å². The Labute approximate surface area is 179 Å². The second-order valence-corrected chi connectivity index (χ2v) is 8.35. The van der Waals surface area contributed by atoms with Gasteiger partial charge in [-0.05, 0) is 44.9 Å². The Hall–Kier alpha value is -2.48. The van der Waals surface area contributed by atoms with Gasteiger partial charge in [-0.1, -0.05) is 6.07 Å². The van der Waals surface area contributed by atoms with Crippen LogP contribution in [-0.4, -0.2) is 80.9 Å². The summed E-state index contributed by atoms with van der Waals surface area (Å²) < 4.78 is 15.9. The minimum atomic E-state index is -0.477. The van der Waals surface area contributed by atoms with Gasteiger partial charge in [0.05, 0.1) is 14.2 Å². The third-order valence-electron chi connectivity index (χ3n) is 4.86. The van der Waals surface area contributed by atoms with E-state index >= 15 is 0 Å². The maximum Gasteiger partial charge on any atom is 0.410 e. The van der Waals surface area contributed by atoms with Gasteiger partial charge in [-0.25, -0.2) is 4.79 Å². The molecule has 0 aromatic heterocycles. The molecule has 1 N–H and O–H groups in total. The Kier molecular flexibility index (Phi) is 8.77. The lowest BCUT2D eigenvalue weighted by Crippen LogP contribution is -2.51. The average Bonchev–Trinajstić information content (AvgIpc) is 2.71. The molecule has 2 amide bonds. The minimum absolute atomic E-state index is 0.0252. The predicted octanol–water partition coefficient (Wildman–Crippen LogP) is 2.31. The van der Waals surface area contributed by atoms with Gasteiger partial charge < -0.3 is 24.4 Å². The number of hydrogen-bond donors (Lipinski definition) is 1. The molecule has 0 saturated carbocycles. The van der Waals surface area contributed by atoms with E-state index in [2.05, 4.69) is 10.2 Å². The highest BCUT2D eigenvalue weighted by Crippen LogP contribution is 2.27. The van der Waals surface area contributed by atoms with Gasteiger partial charge >= 0.3 is 6.09 Å². The summed E-state index contributed by atoms with van der Waals surface area (Å²) in [5.41, 5.74) is 0.552. The van der Waals surface area contributed by atoms with Crippen molar-refractivity contribution in [1.82, 2.24) is 15.1 Å². The average molecular weight is 422 g/mol. The van der Waals surface area contributed by atoms with Gasteiger partial charge in [0.1, 0.15) is 5.60 Å². The smallest absolute Gasteiger partial charge is 0.410 e. The van der Waals surface area contributed by atoms with Crippen LogP contribution < -0.4 is 14.8 Å². The fraction of sp³-hybridized carbons (Fsp3) is 0.636. The fourth-order valence-corrected chi connectivity index (χ4v) is 3.22. The first-order valence-electron chi connectivity index (χ1n) is 10.4. The fourth-order valence-electron chi connectivity index (χ4n) is 3.22. The molecule has 0 bridgehead atoms. The number of amides is 2. The van der Waals surface area contributed by atoms with Crippen LogP contribution >= 0.6 is 0 Å². The molecule has 0 atom stereocenters. The van der Waals surface area contributed by atoms with Crippen LogP contribution in [0.1, 0.15) is 32.8 Å². The molecule has 1 saturated heterocycles. The Balaban J connectivity index is 1.64. The summed E-state index contributed by atoms with van der Waals surface area (Å²) >= 11 is 0. The molecule has 8 nitrogen and oxygen atoms in total. The molecule has 0 spiro atoms. The zero-order chi connectivity index (χ0) is 22.1. The first kappa shape index (κ1) is 23.8. The van der Waals surface area contributed by atoms with Gasteiger partial charge in [0.2, 0.25) is 5.91 Å². The molecule has 8 heteroatoms. The van der Waals surface area contributed by atoms with Crippen molar-refractivity contribution in [2.24, 2.45) is 0 Å². The second-order valence-electron chi connectivity index (χ2n) is 8.35. The Morgan fingerprint density at radius 2 is 1.70 bits per heavy atom. The Bertz CT molecular complexity index is 709. The predicted molar refractivity (Wildman–Crippen MR) is 115 cm³/mol. The minimum Gasteiger partial charge on any atom is -0.493 e. The number of nitrogens with one attached hydrogen (secondary N) is 1. The van der Waals surface area contributed by atoms with E-state index in [-0.39, 0.29) is 12.0 Å². The van der Waals surface area contributed by atoms with Crippen molar-refractivity contribution in [2.45, 2.75) is 39.2 Å². The van der Waals surface area contributed by atoms with Crippen molar-refractivity contribution >= 4 is 12.0 Å². The van der Waals surface area contributed by atoms with Gasteiger partial charge in [0, 0.05) is 45.7 Å². The van der Waals surface area contributed by atoms with Crippen LogP contribution in [0.2, 0.25) is 0 Å². The number of carbonyl (C=O) groups is 2. The van der Waals surface area contributed by atoms with Gasteiger partial charge in [-0.15, -0.1) is 0 Å². The topological polar surface area (TPSA) is 80.3 Å². The molecule has 0 unspecified atom stereocenters. The summed E-state index contributed by atoms with van der Waals surface area (Å²) in [5.74, 6) is 1.37. The van der Waals surface area contributed by atoms with E-state index in [0.29, 0.717) is 44.0 Å². The molecule has 1 aliphatic rings. The normalized spacial score (nSPS) is 14.9. The van der Waals surface area contributed by atoms with E-state index in [1.54, 1.807) is 19.1 Å². The van der Waals surface area contributed by atoms with Crippen molar-refractivity contribution in [3.05, 3.63) is 23.8 Å². The number of methoxy groups -OCH3 is 2. The standard InChI is InChI=1S/C22H35N3O5/c1-22(2,3)30-21(27)25-14-12-24(13-15-25)11-10-23-20(26)9-7-17-6-8-18(28-4)19(16-17)29-5/h6,8,16H,7,9-15H2,1-5H3,(H,23,26). The quantitative estimate of drug-likeness (QED) is 0.694. The highest BCUT2D eigenvalue weighted by Gasteiger charge is 2.25. The lowest BCUT2D eigenvalue weighted by molar-refractivity contribution is -0.121. The summed E-state index contributed by atoms with van der Waals surface area (Å²) in [7, 11) is 3.20. The highest BCUT2D eigenvalue weighted by atomic mass is 16.6. The van der Waals surface area contributed by atoms with E-state index in [4.69, 9.17) is 14.2 Å². The first-order chi connectivity index (χ1) is 14.2. The lowest BCUT2D eigenvalue weighted by Gasteiger charge is -2.35. The van der Waals surface area contributed by atoms with E-state index in [1.807, 2.05) is 39.0 Å². The van der Waals surface area contributed by atoms with Crippen LogP contribution in [-0.2, 0) is 16.0 Å². The molecule has 2 rings (SSSR count). The number of benzene rings is 1. The van der Waals surface area contributed by atoms with Crippen molar-refractivity contribution < 1.29 is 23.8 Å². The number of ether oxygens (including phenoxy) is 3. The Morgan fingerprint density at radius 1 is 1.03 bits per heavy atom. The molecule has 1 heterocycles. The molecule has 30 heavy (non-hydrogen) atoms. The number of hydrogen-bond acceptors (Lipinski definition) is 6. The zero-order valence-corrected chi connectivity index (χ0v) is 18.8. The van der Waals surface area contributed by atoms with Gasteiger partial charge in [-0.2, -0.15) is 0 Å². The van der Waals surface area contributed by atoms with E-state index in [0.717, 1.165) is 25.2 Å². The second kappa shape index (κ2) is 11.1. The lowest BCUT2D eigenvalue weighted by atomic mass is 10.1. The van der Waals surface area contributed by atoms with Crippen LogP contribution in [0.4, 0.5) is 4.79 Å². The van der Waals surface area contributed by atoms with E-state index in [1.165, 1.54) is 0 Å². The SMILES string of the molecule is COc1ccc(CCC(=O)NCCN2CCN(C(=O)OC(C)(C)C)CC2)cc1OC. The van der Waals surface area contributed by atoms with Crippen molar-refractivity contribution in [1.29, 1.82) is 0 Å². The number of piperazine rings is 1. The number of aryl methyl sites for hydroxylation is 1. The van der Waals surface area contributed by atoms with Crippen LogP contribution in [0, 0.1) is 0 Å². The maximum atomic E-state index is 12.2. The largest absolute Gasteiger partial charge is 0.493 e. The van der Waals surface area contributed by atoms with E-state index < -0.39 is 5.60 Å². The summed E-state index contributed by atoms with van der Waals surface area (Å²) in [6.45, 7) is 9.81. The van der Waals surface area contributed by atoms with Gasteiger partial charge in [-0.3, -0.25) is 9.69 Å². The zero-order valence-electron chi connectivity index (χ0n) is 18.8. The van der Waals surface area contributed by atoms with Crippen LogP contribution in [0.3, 0.4) is 0 Å². The highest BCUT2D eigenvalue weighted by molar-refractivity contribution is 5.76. The number of carbonyl (C=O) groups excluding carboxylic acids is 2. The maximum absolute atomic E-state index is 12.2. The van der Waals surface area contributed by atoms with E-state index in [9.17, 15) is 9.59 Å². The molecular weight excluding hydrogens is 386 g/mol. The molecule has 1 aliphatic heterocycles. The van der Waals surface area contributed by atoms with Crippen molar-refractivity contribution in [3.63, 3.8) is 0 Å². The summed E-state index contributed by atoms with van der Waals surface area (Å²) in [5, 5.41) is 2.97.